The molecule has 1 aliphatic carbocycles. The lowest BCUT2D eigenvalue weighted by molar-refractivity contribution is -0.128. The number of likely N-dealkylation sites (tertiary alicyclic amines) is 1. The highest BCUT2D eigenvalue weighted by atomic mass is 16.1. The van der Waals surface area contributed by atoms with Crippen LogP contribution in [0.25, 0.3) is 0 Å². The lowest BCUT2D eigenvalue weighted by Gasteiger charge is -2.35. The minimum absolute atomic E-state index is 0.169. The van der Waals surface area contributed by atoms with E-state index in [1.165, 1.54) is 13.0 Å². The van der Waals surface area contributed by atoms with E-state index >= 15 is 0 Å². The van der Waals surface area contributed by atoms with E-state index in [9.17, 15) is 4.79 Å². The van der Waals surface area contributed by atoms with Crippen molar-refractivity contribution in [3.05, 3.63) is 0 Å². The topological polar surface area (TPSA) is 58.4 Å². The average Bonchev–Trinajstić information content (AvgIpc) is 2.69. The van der Waals surface area contributed by atoms with Crippen molar-refractivity contribution in [2.75, 3.05) is 26.7 Å². The number of rotatable bonds is 4. The first-order valence-electron chi connectivity index (χ1n) is 7.10. The van der Waals surface area contributed by atoms with Crippen LogP contribution in [0.2, 0.25) is 0 Å². The molecule has 104 valence electrons. The van der Waals surface area contributed by atoms with Gasteiger partial charge in [0.15, 0.2) is 0 Å². The first-order valence-corrected chi connectivity index (χ1v) is 7.10. The highest BCUT2D eigenvalue weighted by Gasteiger charge is 2.36. The number of nitrogens with one attached hydrogen (secondary N) is 1. The second-order valence-corrected chi connectivity index (χ2v) is 6.88. The van der Waals surface area contributed by atoms with Crippen LogP contribution in [0.4, 0.5) is 0 Å². The van der Waals surface area contributed by atoms with E-state index in [1.54, 1.807) is 0 Å². The molecule has 4 nitrogen and oxygen atoms in total. The van der Waals surface area contributed by atoms with Gasteiger partial charge in [0.25, 0.3) is 0 Å². The van der Waals surface area contributed by atoms with Crippen LogP contribution in [0.5, 0.6) is 0 Å². The predicted octanol–water partition coefficient (Wildman–Crippen LogP) is 0.818. The van der Waals surface area contributed by atoms with E-state index in [0.717, 1.165) is 25.9 Å². The van der Waals surface area contributed by atoms with Crippen molar-refractivity contribution in [1.29, 1.82) is 0 Å². The van der Waals surface area contributed by atoms with Gasteiger partial charge in [0.05, 0.1) is 0 Å². The summed E-state index contributed by atoms with van der Waals surface area (Å²) in [4.78, 5) is 14.3. The van der Waals surface area contributed by atoms with Crippen LogP contribution in [-0.4, -0.2) is 43.5 Å². The molecule has 0 spiro atoms. The van der Waals surface area contributed by atoms with Gasteiger partial charge in [0.2, 0.25) is 5.91 Å². The molecule has 1 saturated heterocycles. The Bertz CT molecular complexity index is 310. The molecule has 3 N–H and O–H groups in total. The molecule has 18 heavy (non-hydrogen) atoms. The summed E-state index contributed by atoms with van der Waals surface area (Å²) < 4.78 is 0. The van der Waals surface area contributed by atoms with Gasteiger partial charge in [-0.2, -0.15) is 0 Å². The molecule has 0 aromatic carbocycles. The number of nitrogens with two attached hydrogens (primary N) is 1. The Morgan fingerprint density at radius 3 is 2.61 bits per heavy atom. The Balaban J connectivity index is 1.76. The van der Waals surface area contributed by atoms with Crippen LogP contribution in [-0.2, 0) is 4.79 Å². The van der Waals surface area contributed by atoms with E-state index in [1.807, 2.05) is 0 Å². The van der Waals surface area contributed by atoms with Crippen molar-refractivity contribution >= 4 is 5.91 Å². The second-order valence-electron chi connectivity index (χ2n) is 6.88. The lowest BCUT2D eigenvalue weighted by Crippen LogP contribution is -2.48. The fourth-order valence-corrected chi connectivity index (χ4v) is 3.05. The third-order valence-corrected chi connectivity index (χ3v) is 4.76. The summed E-state index contributed by atoms with van der Waals surface area (Å²) in [5.41, 5.74) is 5.90. The van der Waals surface area contributed by atoms with Crippen molar-refractivity contribution in [2.45, 2.75) is 39.2 Å². The molecule has 4 heteroatoms. The van der Waals surface area contributed by atoms with Crippen molar-refractivity contribution < 1.29 is 4.79 Å². The Kier molecular flexibility index (Phi) is 3.97. The predicted molar refractivity (Wildman–Crippen MR) is 73.1 cm³/mol. The molecule has 1 aliphatic heterocycles. The SMILES string of the molecule is CN1CCC(C(C)(C)CNC(=O)C2CC(N)C2)C1. The van der Waals surface area contributed by atoms with Crippen LogP contribution in [0.1, 0.15) is 33.1 Å². The van der Waals surface area contributed by atoms with Gasteiger partial charge in [-0.3, -0.25) is 4.79 Å². The van der Waals surface area contributed by atoms with Gasteiger partial charge in [-0.25, -0.2) is 0 Å². The largest absolute Gasteiger partial charge is 0.355 e. The molecule has 1 heterocycles. The van der Waals surface area contributed by atoms with Crippen LogP contribution in [0, 0.1) is 17.3 Å². The van der Waals surface area contributed by atoms with Crippen LogP contribution >= 0.6 is 0 Å². The molecule has 0 aromatic rings. The van der Waals surface area contributed by atoms with Gasteiger partial charge in [-0.05, 0) is 44.2 Å². The Morgan fingerprint density at radius 2 is 2.11 bits per heavy atom. The number of amides is 1. The summed E-state index contributed by atoms with van der Waals surface area (Å²) in [6.45, 7) is 7.65. The Morgan fingerprint density at radius 1 is 1.44 bits per heavy atom. The van der Waals surface area contributed by atoms with Gasteiger partial charge >= 0.3 is 0 Å². The van der Waals surface area contributed by atoms with Gasteiger partial charge < -0.3 is 16.0 Å². The van der Waals surface area contributed by atoms with Crippen molar-refractivity contribution in [2.24, 2.45) is 23.0 Å². The maximum atomic E-state index is 11.9. The molecule has 2 fully saturated rings. The second kappa shape index (κ2) is 5.17. The molecule has 0 radical (unpaired) electrons. The fraction of sp³-hybridized carbons (Fsp3) is 0.929. The standard InChI is InChI=1S/C14H27N3O/c1-14(2,11-4-5-17(3)8-11)9-16-13(18)10-6-12(15)7-10/h10-12H,4-9,15H2,1-3H3,(H,16,18). The van der Waals surface area contributed by atoms with Crippen LogP contribution < -0.4 is 11.1 Å². The fourth-order valence-electron chi connectivity index (χ4n) is 3.05. The maximum absolute atomic E-state index is 11.9. The first kappa shape index (κ1) is 13.8. The molecule has 2 rings (SSSR count). The van der Waals surface area contributed by atoms with Gasteiger partial charge in [0, 0.05) is 25.0 Å². The normalized spacial score (nSPS) is 33.2. The Hall–Kier alpha value is -0.610. The third-order valence-electron chi connectivity index (χ3n) is 4.76. The number of carbonyl (C=O) groups excluding carboxylic acids is 1. The maximum Gasteiger partial charge on any atom is 0.223 e. The molecule has 0 bridgehead atoms. The van der Waals surface area contributed by atoms with E-state index < -0.39 is 0 Å². The zero-order valence-corrected chi connectivity index (χ0v) is 11.9. The van der Waals surface area contributed by atoms with E-state index in [2.05, 4.69) is 31.1 Å². The summed E-state index contributed by atoms with van der Waals surface area (Å²) in [6.07, 6.45) is 2.96. The van der Waals surface area contributed by atoms with E-state index in [-0.39, 0.29) is 23.3 Å². The van der Waals surface area contributed by atoms with E-state index in [4.69, 9.17) is 5.73 Å². The molecule has 1 unspecified atom stereocenters. The minimum Gasteiger partial charge on any atom is -0.355 e. The third kappa shape index (κ3) is 3.04. The highest BCUT2D eigenvalue weighted by molar-refractivity contribution is 5.79. The van der Waals surface area contributed by atoms with Crippen molar-refractivity contribution in [3.8, 4) is 0 Å². The summed E-state index contributed by atoms with van der Waals surface area (Å²) in [5, 5.41) is 3.12. The van der Waals surface area contributed by atoms with E-state index in [0.29, 0.717) is 5.92 Å². The number of hydrogen-bond acceptors (Lipinski definition) is 3. The Labute approximate surface area is 110 Å². The van der Waals surface area contributed by atoms with Gasteiger partial charge in [-0.15, -0.1) is 0 Å². The van der Waals surface area contributed by atoms with Crippen LogP contribution in [0.15, 0.2) is 0 Å². The number of nitrogens with zero attached hydrogens (tertiary/aromatic N) is 1. The quantitative estimate of drug-likeness (QED) is 0.780. The van der Waals surface area contributed by atoms with Crippen LogP contribution in [0.3, 0.4) is 0 Å². The summed E-state index contributed by atoms with van der Waals surface area (Å²) in [6, 6.07) is 0.247. The summed E-state index contributed by atoms with van der Waals surface area (Å²) in [7, 11) is 2.17. The van der Waals surface area contributed by atoms with Crippen molar-refractivity contribution in [1.82, 2.24) is 10.2 Å². The molecule has 0 aromatic heterocycles. The molecule has 2 aliphatic rings. The zero-order valence-electron chi connectivity index (χ0n) is 11.9. The average molecular weight is 253 g/mol. The lowest BCUT2D eigenvalue weighted by atomic mass is 9.77. The monoisotopic (exact) mass is 253 g/mol. The van der Waals surface area contributed by atoms with Gasteiger partial charge in [-0.1, -0.05) is 13.8 Å². The molecule has 1 amide bonds. The van der Waals surface area contributed by atoms with Crippen molar-refractivity contribution in [3.63, 3.8) is 0 Å². The first-order chi connectivity index (χ1) is 8.38. The molecular formula is C14H27N3O. The molecule has 1 saturated carbocycles. The number of hydrogen-bond donors (Lipinski definition) is 2. The summed E-state index contributed by atoms with van der Waals surface area (Å²) in [5.74, 6) is 1.06. The highest BCUT2D eigenvalue weighted by Crippen LogP contribution is 2.33. The minimum atomic E-state index is 0.169. The summed E-state index contributed by atoms with van der Waals surface area (Å²) >= 11 is 0. The molecular weight excluding hydrogens is 226 g/mol. The smallest absolute Gasteiger partial charge is 0.223 e. The zero-order chi connectivity index (χ0) is 13.3. The molecule has 1 atom stereocenters. The van der Waals surface area contributed by atoms with Gasteiger partial charge in [0.1, 0.15) is 0 Å². The number of carbonyl (C=O) groups is 1.